The zero-order chi connectivity index (χ0) is 29.7. The molecule has 0 radical (unpaired) electrons. The summed E-state index contributed by atoms with van der Waals surface area (Å²) in [4.78, 5) is 0. The third kappa shape index (κ3) is 4.21. The van der Waals surface area contributed by atoms with Gasteiger partial charge in [-0.1, -0.05) is 109 Å². The van der Waals surface area contributed by atoms with Gasteiger partial charge in [-0.2, -0.15) is 0 Å². The van der Waals surface area contributed by atoms with E-state index in [2.05, 4.69) is 149 Å². The number of aromatic nitrogens is 1. The molecule has 3 nitrogen and oxygen atoms in total. The maximum absolute atomic E-state index is 6.69. The van der Waals surface area contributed by atoms with Crippen LogP contribution >= 0.6 is 0 Å². The fraction of sp³-hybridized carbons (Fsp3) is 0. The van der Waals surface area contributed by atoms with Crippen LogP contribution in [0.1, 0.15) is 0 Å². The molecular weight excluding hydrogens is 548 g/mol. The highest BCUT2D eigenvalue weighted by molar-refractivity contribution is 6.26. The Hall–Kier alpha value is -6.06. The molecule has 0 aliphatic heterocycles. The molecule has 0 aliphatic rings. The maximum Gasteiger partial charge on any atom is 0.160 e. The van der Waals surface area contributed by atoms with Crippen LogP contribution in [0.2, 0.25) is 0 Å². The highest BCUT2D eigenvalue weighted by atomic mass is 16.3. The summed E-state index contributed by atoms with van der Waals surface area (Å²) in [7, 11) is 0. The Kier molecular flexibility index (Phi) is 5.82. The molecule has 0 saturated heterocycles. The number of para-hydroxylation sites is 3. The van der Waals surface area contributed by atoms with Crippen molar-refractivity contribution in [1.82, 2.24) is 4.57 Å². The molecule has 45 heavy (non-hydrogen) atoms. The van der Waals surface area contributed by atoms with Crippen molar-refractivity contribution in [3.63, 3.8) is 0 Å². The molecule has 0 unspecified atom stereocenters. The molecule has 0 spiro atoms. The largest absolute Gasteiger partial charge is 0.454 e. The van der Waals surface area contributed by atoms with Crippen LogP contribution in [-0.4, -0.2) is 4.57 Å². The zero-order valence-corrected chi connectivity index (χ0v) is 24.4. The second-order valence-electron chi connectivity index (χ2n) is 11.5. The zero-order valence-electron chi connectivity index (χ0n) is 24.4. The molecule has 2 heterocycles. The topological polar surface area (TPSA) is 30.1 Å². The van der Waals surface area contributed by atoms with Crippen molar-refractivity contribution < 1.29 is 4.42 Å². The molecule has 0 bridgehead atoms. The van der Waals surface area contributed by atoms with Crippen molar-refractivity contribution in [2.24, 2.45) is 0 Å². The van der Waals surface area contributed by atoms with Crippen molar-refractivity contribution in [1.29, 1.82) is 0 Å². The number of nitrogens with zero attached hydrogens (tertiary/aromatic N) is 1. The third-order valence-corrected chi connectivity index (χ3v) is 8.77. The van der Waals surface area contributed by atoms with Gasteiger partial charge in [0.1, 0.15) is 5.58 Å². The lowest BCUT2D eigenvalue weighted by molar-refractivity contribution is 0.671. The normalized spacial score (nSPS) is 11.6. The van der Waals surface area contributed by atoms with E-state index in [1.165, 1.54) is 33.0 Å². The number of hydrogen-bond acceptors (Lipinski definition) is 2. The number of furan rings is 1. The second kappa shape index (κ2) is 10.3. The van der Waals surface area contributed by atoms with E-state index in [-0.39, 0.29) is 0 Å². The van der Waals surface area contributed by atoms with E-state index in [0.29, 0.717) is 0 Å². The molecule has 212 valence electrons. The molecule has 0 fully saturated rings. The van der Waals surface area contributed by atoms with Gasteiger partial charge in [-0.3, -0.25) is 0 Å². The van der Waals surface area contributed by atoms with E-state index >= 15 is 0 Å². The maximum atomic E-state index is 6.69. The van der Waals surface area contributed by atoms with Crippen LogP contribution in [0.4, 0.5) is 11.4 Å². The predicted octanol–water partition coefficient (Wildman–Crippen LogP) is 11.8. The molecular formula is C42H28N2O. The molecule has 1 N–H and O–H groups in total. The summed E-state index contributed by atoms with van der Waals surface area (Å²) in [5.41, 5.74) is 12.0. The Morgan fingerprint density at radius 1 is 0.467 bits per heavy atom. The summed E-state index contributed by atoms with van der Waals surface area (Å²) in [6.45, 7) is 0. The average molecular weight is 577 g/mol. The number of fused-ring (bicyclic) bond motifs is 7. The van der Waals surface area contributed by atoms with Crippen LogP contribution in [0.25, 0.3) is 71.7 Å². The van der Waals surface area contributed by atoms with Gasteiger partial charge >= 0.3 is 0 Å². The Labute approximate surface area is 260 Å². The third-order valence-electron chi connectivity index (χ3n) is 8.77. The molecule has 0 atom stereocenters. The fourth-order valence-electron chi connectivity index (χ4n) is 6.68. The first-order valence-electron chi connectivity index (χ1n) is 15.3. The van der Waals surface area contributed by atoms with Gasteiger partial charge in [0, 0.05) is 38.6 Å². The average Bonchev–Trinajstić information content (AvgIpc) is 3.66. The van der Waals surface area contributed by atoms with Gasteiger partial charge in [-0.15, -0.1) is 0 Å². The summed E-state index contributed by atoms with van der Waals surface area (Å²) >= 11 is 0. The van der Waals surface area contributed by atoms with Crippen LogP contribution in [0.3, 0.4) is 0 Å². The first-order chi connectivity index (χ1) is 22.3. The van der Waals surface area contributed by atoms with Gasteiger partial charge in [0.05, 0.1) is 11.0 Å². The highest BCUT2D eigenvalue weighted by Crippen LogP contribution is 2.45. The van der Waals surface area contributed by atoms with E-state index in [0.717, 1.165) is 50.0 Å². The standard InChI is InChI=1S/C42H28N2O/c1-3-11-28(12-4-1)29-19-21-30(22-20-29)36-27-37-34-15-8-10-18-39(34)45-42(37)41-40(36)35-16-7-9-17-38(35)44(41)33-25-23-32(24-26-33)43-31-13-5-2-6-14-31/h1-27,43H. The lowest BCUT2D eigenvalue weighted by Crippen LogP contribution is -1.96. The summed E-state index contributed by atoms with van der Waals surface area (Å²) in [5.74, 6) is 0. The number of benzene rings is 7. The molecule has 0 amide bonds. The monoisotopic (exact) mass is 576 g/mol. The summed E-state index contributed by atoms with van der Waals surface area (Å²) < 4.78 is 9.06. The van der Waals surface area contributed by atoms with Crippen molar-refractivity contribution in [2.45, 2.75) is 0 Å². The van der Waals surface area contributed by atoms with Gasteiger partial charge < -0.3 is 14.3 Å². The number of anilines is 2. The van der Waals surface area contributed by atoms with Crippen LogP contribution in [-0.2, 0) is 0 Å². The number of rotatable bonds is 5. The summed E-state index contributed by atoms with van der Waals surface area (Å²) in [5, 5.41) is 8.14. The Morgan fingerprint density at radius 3 is 1.84 bits per heavy atom. The minimum absolute atomic E-state index is 0.893. The molecule has 9 rings (SSSR count). The quantitative estimate of drug-likeness (QED) is 0.221. The minimum Gasteiger partial charge on any atom is -0.454 e. The van der Waals surface area contributed by atoms with Crippen molar-refractivity contribution >= 4 is 55.1 Å². The fourth-order valence-corrected chi connectivity index (χ4v) is 6.68. The smallest absolute Gasteiger partial charge is 0.160 e. The summed E-state index contributed by atoms with van der Waals surface area (Å²) in [6.07, 6.45) is 0. The molecule has 9 aromatic rings. The first-order valence-corrected chi connectivity index (χ1v) is 15.3. The molecule has 2 aromatic heterocycles. The minimum atomic E-state index is 0.893. The summed E-state index contributed by atoms with van der Waals surface area (Å²) in [6, 6.07) is 57.8. The van der Waals surface area contributed by atoms with E-state index in [4.69, 9.17) is 4.42 Å². The number of hydrogen-bond donors (Lipinski definition) is 1. The van der Waals surface area contributed by atoms with Crippen LogP contribution in [0.5, 0.6) is 0 Å². The Bertz CT molecular complexity index is 2470. The number of nitrogens with one attached hydrogen (secondary N) is 1. The van der Waals surface area contributed by atoms with E-state index in [1.54, 1.807) is 0 Å². The Balaban J connectivity index is 1.31. The first kappa shape index (κ1) is 25.4. The second-order valence-corrected chi connectivity index (χ2v) is 11.5. The molecule has 3 heteroatoms. The van der Waals surface area contributed by atoms with Gasteiger partial charge in [0.2, 0.25) is 0 Å². The molecule has 7 aromatic carbocycles. The van der Waals surface area contributed by atoms with Crippen LogP contribution < -0.4 is 5.32 Å². The van der Waals surface area contributed by atoms with Gasteiger partial charge in [0.15, 0.2) is 5.58 Å². The van der Waals surface area contributed by atoms with E-state index < -0.39 is 0 Å². The Morgan fingerprint density at radius 2 is 1.07 bits per heavy atom. The SMILES string of the molecule is c1ccc(Nc2ccc(-n3c4ccccc4c4c(-c5ccc(-c6ccccc6)cc5)cc5c6ccccc6oc5c43)cc2)cc1. The van der Waals surface area contributed by atoms with Gasteiger partial charge in [-0.05, 0) is 76.9 Å². The van der Waals surface area contributed by atoms with Gasteiger partial charge in [-0.25, -0.2) is 0 Å². The van der Waals surface area contributed by atoms with Crippen molar-refractivity contribution in [3.05, 3.63) is 164 Å². The van der Waals surface area contributed by atoms with E-state index in [9.17, 15) is 0 Å². The van der Waals surface area contributed by atoms with E-state index in [1.807, 2.05) is 24.3 Å². The molecule has 0 aliphatic carbocycles. The molecule has 0 saturated carbocycles. The van der Waals surface area contributed by atoms with Crippen molar-refractivity contribution in [3.8, 4) is 27.9 Å². The lowest BCUT2D eigenvalue weighted by Gasteiger charge is -2.12. The van der Waals surface area contributed by atoms with Crippen LogP contribution in [0.15, 0.2) is 168 Å². The highest BCUT2D eigenvalue weighted by Gasteiger charge is 2.22. The lowest BCUT2D eigenvalue weighted by atomic mass is 9.95. The van der Waals surface area contributed by atoms with Crippen LogP contribution in [0, 0.1) is 0 Å². The van der Waals surface area contributed by atoms with Gasteiger partial charge in [0.25, 0.3) is 0 Å². The van der Waals surface area contributed by atoms with Crippen molar-refractivity contribution in [2.75, 3.05) is 5.32 Å². The predicted molar refractivity (Wildman–Crippen MR) is 189 cm³/mol.